The molecule has 0 aliphatic carbocycles. The van der Waals surface area contributed by atoms with Crippen LogP contribution in [0.1, 0.15) is 12.5 Å². The molecule has 1 unspecified atom stereocenters. The van der Waals surface area contributed by atoms with E-state index in [0.29, 0.717) is 31.9 Å². The van der Waals surface area contributed by atoms with E-state index in [0.717, 1.165) is 0 Å². The van der Waals surface area contributed by atoms with E-state index in [9.17, 15) is 18.8 Å². The van der Waals surface area contributed by atoms with Crippen LogP contribution in [0.4, 0.5) is 4.39 Å². The van der Waals surface area contributed by atoms with Gasteiger partial charge in [0.25, 0.3) is 0 Å². The molecule has 0 aromatic heterocycles. The molecule has 0 spiro atoms. The van der Waals surface area contributed by atoms with Gasteiger partial charge in [-0.1, -0.05) is 12.1 Å². The Morgan fingerprint density at radius 2 is 1.96 bits per heavy atom. The molecule has 1 aromatic carbocycles. The molecule has 7 nitrogen and oxygen atoms in total. The van der Waals surface area contributed by atoms with Crippen LogP contribution >= 0.6 is 0 Å². The molecular formula is C17H22FN3O4. The predicted molar refractivity (Wildman–Crippen MR) is 88.1 cm³/mol. The monoisotopic (exact) mass is 351 g/mol. The molecule has 136 valence electrons. The van der Waals surface area contributed by atoms with Gasteiger partial charge in [-0.25, -0.2) is 4.39 Å². The first kappa shape index (κ1) is 18.9. The summed E-state index contributed by atoms with van der Waals surface area (Å²) in [4.78, 5) is 37.5. The lowest BCUT2D eigenvalue weighted by Crippen LogP contribution is -2.52. The van der Waals surface area contributed by atoms with Gasteiger partial charge in [0.2, 0.25) is 17.7 Å². The Morgan fingerprint density at radius 1 is 1.24 bits per heavy atom. The Morgan fingerprint density at radius 3 is 2.64 bits per heavy atom. The zero-order chi connectivity index (χ0) is 18.2. The Labute approximate surface area is 145 Å². The van der Waals surface area contributed by atoms with Crippen LogP contribution in [0.3, 0.4) is 0 Å². The van der Waals surface area contributed by atoms with E-state index in [2.05, 4.69) is 10.6 Å². The summed E-state index contributed by atoms with van der Waals surface area (Å²) >= 11 is 0. The quantitative estimate of drug-likeness (QED) is 0.746. The molecule has 1 aromatic rings. The lowest BCUT2D eigenvalue weighted by atomic mass is 10.1. The van der Waals surface area contributed by atoms with Crippen LogP contribution in [0.2, 0.25) is 0 Å². The van der Waals surface area contributed by atoms with Gasteiger partial charge in [0.15, 0.2) is 0 Å². The van der Waals surface area contributed by atoms with Crippen LogP contribution in [0.5, 0.6) is 0 Å². The lowest BCUT2D eigenvalue weighted by molar-refractivity contribution is -0.139. The topological polar surface area (TPSA) is 87.7 Å². The largest absolute Gasteiger partial charge is 0.378 e. The SMILES string of the molecule is CC(NC(=O)CNC(=O)Cc1cccc(F)c1)C(=O)N1CCOCC1. The molecule has 1 fully saturated rings. The Kier molecular flexibility index (Phi) is 6.88. The first-order valence-corrected chi connectivity index (χ1v) is 8.13. The summed E-state index contributed by atoms with van der Waals surface area (Å²) in [7, 11) is 0. The number of nitrogens with zero attached hydrogens (tertiary/aromatic N) is 1. The third-order valence-corrected chi connectivity index (χ3v) is 3.77. The molecular weight excluding hydrogens is 329 g/mol. The van der Waals surface area contributed by atoms with E-state index < -0.39 is 23.7 Å². The summed E-state index contributed by atoms with van der Waals surface area (Å²) in [6, 6.07) is 5.03. The van der Waals surface area contributed by atoms with Crippen molar-refractivity contribution in [3.05, 3.63) is 35.6 Å². The number of amides is 3. The molecule has 2 N–H and O–H groups in total. The van der Waals surface area contributed by atoms with Crippen molar-refractivity contribution in [1.29, 1.82) is 0 Å². The fourth-order valence-electron chi connectivity index (χ4n) is 2.49. The summed E-state index contributed by atoms with van der Waals surface area (Å²) in [5, 5.41) is 5.02. The van der Waals surface area contributed by atoms with Gasteiger partial charge < -0.3 is 20.3 Å². The molecule has 2 rings (SSSR count). The van der Waals surface area contributed by atoms with Crippen molar-refractivity contribution in [2.75, 3.05) is 32.8 Å². The Bertz CT molecular complexity index is 632. The van der Waals surface area contributed by atoms with Gasteiger partial charge >= 0.3 is 0 Å². The van der Waals surface area contributed by atoms with Crippen LogP contribution in [-0.2, 0) is 25.5 Å². The van der Waals surface area contributed by atoms with Gasteiger partial charge in [-0.15, -0.1) is 0 Å². The molecule has 8 heteroatoms. The summed E-state index contributed by atoms with van der Waals surface area (Å²) in [5.41, 5.74) is 0.522. The standard InChI is InChI=1S/C17H22FN3O4/c1-12(17(24)21-5-7-25-8-6-21)20-16(23)11-19-15(22)10-13-3-2-4-14(18)9-13/h2-4,9,12H,5-8,10-11H2,1H3,(H,19,22)(H,20,23). The number of ether oxygens (including phenoxy) is 1. The second-order valence-corrected chi connectivity index (χ2v) is 5.81. The molecule has 3 amide bonds. The van der Waals surface area contributed by atoms with Crippen molar-refractivity contribution in [3.8, 4) is 0 Å². The minimum atomic E-state index is -0.675. The summed E-state index contributed by atoms with van der Waals surface area (Å²) in [6.45, 7) is 3.34. The number of nitrogens with one attached hydrogen (secondary N) is 2. The van der Waals surface area contributed by atoms with Crippen molar-refractivity contribution in [1.82, 2.24) is 15.5 Å². The average molecular weight is 351 g/mol. The zero-order valence-electron chi connectivity index (χ0n) is 14.1. The van der Waals surface area contributed by atoms with Gasteiger partial charge in [0, 0.05) is 13.1 Å². The van der Waals surface area contributed by atoms with Crippen molar-refractivity contribution in [3.63, 3.8) is 0 Å². The number of morpholine rings is 1. The summed E-state index contributed by atoms with van der Waals surface area (Å²) in [5.74, 6) is -1.45. The van der Waals surface area contributed by atoms with Crippen LogP contribution < -0.4 is 10.6 Å². The molecule has 1 aliphatic rings. The molecule has 0 bridgehead atoms. The fourth-order valence-corrected chi connectivity index (χ4v) is 2.49. The number of carbonyl (C=O) groups is 3. The van der Waals surface area contributed by atoms with E-state index in [1.54, 1.807) is 17.9 Å². The highest BCUT2D eigenvalue weighted by atomic mass is 19.1. The van der Waals surface area contributed by atoms with Crippen molar-refractivity contribution in [2.45, 2.75) is 19.4 Å². The van der Waals surface area contributed by atoms with Crippen molar-refractivity contribution >= 4 is 17.7 Å². The first-order chi connectivity index (χ1) is 12.0. The van der Waals surface area contributed by atoms with Gasteiger partial charge in [0.1, 0.15) is 11.9 Å². The minimum absolute atomic E-state index is 0.0205. The normalized spacial score (nSPS) is 15.4. The number of hydrogen-bond acceptors (Lipinski definition) is 4. The highest BCUT2D eigenvalue weighted by molar-refractivity contribution is 5.90. The van der Waals surface area contributed by atoms with Crippen LogP contribution in [0.15, 0.2) is 24.3 Å². The Balaban J connectivity index is 1.72. The number of hydrogen-bond donors (Lipinski definition) is 2. The molecule has 1 saturated heterocycles. The predicted octanol–water partition coefficient (Wildman–Crippen LogP) is -0.152. The first-order valence-electron chi connectivity index (χ1n) is 8.13. The average Bonchev–Trinajstić information content (AvgIpc) is 2.60. The van der Waals surface area contributed by atoms with Gasteiger partial charge in [-0.05, 0) is 24.6 Å². The maximum absolute atomic E-state index is 13.1. The highest BCUT2D eigenvalue weighted by Crippen LogP contribution is 2.04. The van der Waals surface area contributed by atoms with Crippen molar-refractivity contribution < 1.29 is 23.5 Å². The van der Waals surface area contributed by atoms with Crippen molar-refractivity contribution in [2.24, 2.45) is 0 Å². The van der Waals surface area contributed by atoms with Crippen LogP contribution in [0.25, 0.3) is 0 Å². The third kappa shape index (κ3) is 6.15. The lowest BCUT2D eigenvalue weighted by Gasteiger charge is -2.29. The zero-order valence-corrected chi connectivity index (χ0v) is 14.1. The molecule has 0 radical (unpaired) electrons. The van der Waals surface area contributed by atoms with Gasteiger partial charge in [-0.3, -0.25) is 14.4 Å². The van der Waals surface area contributed by atoms with E-state index >= 15 is 0 Å². The van der Waals surface area contributed by atoms with Crippen LogP contribution in [-0.4, -0.2) is 61.5 Å². The minimum Gasteiger partial charge on any atom is -0.378 e. The molecule has 1 aliphatic heterocycles. The molecule has 1 heterocycles. The molecule has 25 heavy (non-hydrogen) atoms. The van der Waals surface area contributed by atoms with Gasteiger partial charge in [0.05, 0.1) is 26.2 Å². The highest BCUT2D eigenvalue weighted by Gasteiger charge is 2.23. The smallest absolute Gasteiger partial charge is 0.245 e. The van der Waals surface area contributed by atoms with E-state index in [4.69, 9.17) is 4.74 Å². The molecule has 0 saturated carbocycles. The van der Waals surface area contributed by atoms with Gasteiger partial charge in [-0.2, -0.15) is 0 Å². The third-order valence-electron chi connectivity index (χ3n) is 3.77. The number of halogens is 1. The van der Waals surface area contributed by atoms with E-state index in [1.165, 1.54) is 18.2 Å². The maximum Gasteiger partial charge on any atom is 0.245 e. The Hall–Kier alpha value is -2.48. The number of rotatable bonds is 6. The number of benzene rings is 1. The second-order valence-electron chi connectivity index (χ2n) is 5.81. The summed E-state index contributed by atoms with van der Waals surface area (Å²) in [6.07, 6.45) is -0.0205. The fraction of sp³-hybridized carbons (Fsp3) is 0.471. The van der Waals surface area contributed by atoms with E-state index in [-0.39, 0.29) is 18.9 Å². The number of carbonyl (C=O) groups excluding carboxylic acids is 3. The second kappa shape index (κ2) is 9.12. The maximum atomic E-state index is 13.1. The van der Waals surface area contributed by atoms with E-state index in [1.807, 2.05) is 0 Å². The molecule has 1 atom stereocenters. The summed E-state index contributed by atoms with van der Waals surface area (Å²) < 4.78 is 18.2. The van der Waals surface area contributed by atoms with Crippen LogP contribution in [0, 0.1) is 5.82 Å².